The Hall–Kier alpha value is -2.03. The summed E-state index contributed by atoms with van der Waals surface area (Å²) in [4.78, 5) is 11.5. The molecule has 0 amide bonds. The molecule has 2 aromatic carbocycles. The molecule has 0 saturated heterocycles. The summed E-state index contributed by atoms with van der Waals surface area (Å²) in [7, 11) is 0. The lowest BCUT2D eigenvalue weighted by molar-refractivity contribution is -0.140. The van der Waals surface area contributed by atoms with Gasteiger partial charge in [0, 0.05) is 0 Å². The molecule has 0 radical (unpaired) electrons. The number of aromatic hydroxyl groups is 1. The first-order valence-corrected chi connectivity index (χ1v) is 6.55. The Morgan fingerprint density at radius 2 is 2.05 bits per heavy atom. The zero-order valence-corrected chi connectivity index (χ0v) is 10.8. The van der Waals surface area contributed by atoms with Gasteiger partial charge in [0.15, 0.2) is 0 Å². The summed E-state index contributed by atoms with van der Waals surface area (Å²) in [5.74, 6) is -0.750. The molecule has 1 aliphatic carbocycles. The number of carboxylic acids is 1. The van der Waals surface area contributed by atoms with E-state index < -0.39 is 11.9 Å². The highest BCUT2D eigenvalue weighted by atomic mass is 16.4. The second kappa shape index (κ2) is 4.26. The zero-order chi connectivity index (χ0) is 13.6. The fourth-order valence-electron chi connectivity index (χ4n) is 3.19. The summed E-state index contributed by atoms with van der Waals surface area (Å²) in [6, 6.07) is 9.09. The first-order valence-electron chi connectivity index (χ1n) is 6.55. The molecule has 0 aromatic heterocycles. The van der Waals surface area contributed by atoms with E-state index in [1.165, 1.54) is 0 Å². The van der Waals surface area contributed by atoms with Crippen LogP contribution in [0.25, 0.3) is 10.8 Å². The number of aryl methyl sites for hydroxylation is 1. The van der Waals surface area contributed by atoms with Crippen molar-refractivity contribution in [2.75, 3.05) is 0 Å². The topological polar surface area (TPSA) is 57.5 Å². The first kappa shape index (κ1) is 12.0. The average molecular weight is 256 g/mol. The third kappa shape index (κ3) is 1.86. The van der Waals surface area contributed by atoms with E-state index in [0.717, 1.165) is 34.7 Å². The molecule has 0 spiro atoms. The number of aliphatic carboxylic acids is 1. The van der Waals surface area contributed by atoms with Gasteiger partial charge in [-0.2, -0.15) is 0 Å². The second-order valence-corrected chi connectivity index (χ2v) is 5.37. The van der Waals surface area contributed by atoms with Crippen LogP contribution in [-0.2, 0) is 11.2 Å². The van der Waals surface area contributed by atoms with Crippen LogP contribution in [0.5, 0.6) is 5.75 Å². The maximum Gasteiger partial charge on any atom is 0.311 e. The van der Waals surface area contributed by atoms with E-state index in [2.05, 4.69) is 0 Å². The van der Waals surface area contributed by atoms with Gasteiger partial charge in [0.25, 0.3) is 0 Å². The lowest BCUT2D eigenvalue weighted by Crippen LogP contribution is -2.25. The molecular formula is C16H16O3. The van der Waals surface area contributed by atoms with Crippen molar-refractivity contribution < 1.29 is 15.0 Å². The quantitative estimate of drug-likeness (QED) is 0.823. The summed E-state index contributed by atoms with van der Waals surface area (Å²) in [6.45, 7) is 2.00. The van der Waals surface area contributed by atoms with Crippen LogP contribution in [0.2, 0.25) is 0 Å². The number of phenols is 1. The van der Waals surface area contributed by atoms with E-state index >= 15 is 0 Å². The molecule has 3 rings (SSSR count). The lowest BCUT2D eigenvalue weighted by atomic mass is 9.74. The maximum absolute atomic E-state index is 11.5. The summed E-state index contributed by atoms with van der Waals surface area (Å²) in [6.07, 6.45) is 1.80. The summed E-state index contributed by atoms with van der Waals surface area (Å²) < 4.78 is 0. The van der Waals surface area contributed by atoms with Gasteiger partial charge < -0.3 is 10.2 Å². The van der Waals surface area contributed by atoms with Crippen LogP contribution < -0.4 is 0 Å². The van der Waals surface area contributed by atoms with Gasteiger partial charge in [-0.3, -0.25) is 4.79 Å². The fraction of sp³-hybridized carbons (Fsp3) is 0.312. The minimum atomic E-state index is -0.744. The summed E-state index contributed by atoms with van der Waals surface area (Å²) in [5.41, 5.74) is 2.06. The molecule has 0 saturated carbocycles. The monoisotopic (exact) mass is 256 g/mol. The number of phenolic OH excluding ortho intramolecular Hbond substituents is 1. The highest BCUT2D eigenvalue weighted by Crippen LogP contribution is 2.39. The third-order valence-corrected chi connectivity index (χ3v) is 4.17. The average Bonchev–Trinajstić information content (AvgIpc) is 2.37. The Morgan fingerprint density at radius 1 is 1.26 bits per heavy atom. The van der Waals surface area contributed by atoms with Gasteiger partial charge in [0.2, 0.25) is 0 Å². The van der Waals surface area contributed by atoms with Crippen LogP contribution in [0.4, 0.5) is 0 Å². The first-order chi connectivity index (χ1) is 9.08. The summed E-state index contributed by atoms with van der Waals surface area (Å²) in [5, 5.41) is 21.0. The smallest absolute Gasteiger partial charge is 0.311 e. The molecule has 3 heteroatoms. The number of hydrogen-bond donors (Lipinski definition) is 2. The third-order valence-electron chi connectivity index (χ3n) is 4.17. The van der Waals surface area contributed by atoms with E-state index in [0.29, 0.717) is 0 Å². The normalized spacial score (nSPS) is 22.2. The van der Waals surface area contributed by atoms with Crippen molar-refractivity contribution in [3.8, 4) is 5.75 Å². The molecule has 3 nitrogen and oxygen atoms in total. The number of hydrogen-bond acceptors (Lipinski definition) is 2. The van der Waals surface area contributed by atoms with Crippen LogP contribution in [-0.4, -0.2) is 16.2 Å². The maximum atomic E-state index is 11.5. The highest BCUT2D eigenvalue weighted by molar-refractivity contribution is 5.90. The number of rotatable bonds is 1. The van der Waals surface area contributed by atoms with Crippen molar-refractivity contribution in [1.29, 1.82) is 0 Å². The van der Waals surface area contributed by atoms with E-state index in [9.17, 15) is 15.0 Å². The molecule has 2 aromatic rings. The molecule has 2 unspecified atom stereocenters. The summed E-state index contributed by atoms with van der Waals surface area (Å²) >= 11 is 0. The van der Waals surface area contributed by atoms with E-state index in [1.807, 2.05) is 25.1 Å². The highest BCUT2D eigenvalue weighted by Gasteiger charge is 2.32. The van der Waals surface area contributed by atoms with Gasteiger partial charge in [-0.15, -0.1) is 0 Å². The predicted molar refractivity (Wildman–Crippen MR) is 73.5 cm³/mol. The van der Waals surface area contributed by atoms with Gasteiger partial charge in [-0.1, -0.05) is 25.1 Å². The second-order valence-electron chi connectivity index (χ2n) is 5.37. The molecule has 2 atom stereocenters. The Morgan fingerprint density at radius 3 is 2.79 bits per heavy atom. The van der Waals surface area contributed by atoms with Gasteiger partial charge in [-0.25, -0.2) is 0 Å². The van der Waals surface area contributed by atoms with E-state index in [-0.39, 0.29) is 11.7 Å². The Kier molecular flexibility index (Phi) is 2.70. The molecule has 0 fully saturated rings. The van der Waals surface area contributed by atoms with Crippen LogP contribution in [0, 0.1) is 5.92 Å². The van der Waals surface area contributed by atoms with Crippen LogP contribution in [0.15, 0.2) is 30.3 Å². The lowest BCUT2D eigenvalue weighted by Gasteiger charge is -2.29. The van der Waals surface area contributed by atoms with Crippen LogP contribution >= 0.6 is 0 Å². The Bertz CT molecular complexity index is 660. The van der Waals surface area contributed by atoms with Crippen molar-refractivity contribution in [1.82, 2.24) is 0 Å². The SMILES string of the molecule is CC1CCc2c(ccc3cc(O)ccc23)C1C(=O)O. The van der Waals surface area contributed by atoms with Crippen molar-refractivity contribution >= 4 is 16.7 Å². The molecular weight excluding hydrogens is 240 g/mol. The van der Waals surface area contributed by atoms with E-state index in [1.54, 1.807) is 12.1 Å². The molecule has 0 aliphatic heterocycles. The molecule has 98 valence electrons. The van der Waals surface area contributed by atoms with Gasteiger partial charge in [0.1, 0.15) is 5.75 Å². The van der Waals surface area contributed by atoms with Crippen molar-refractivity contribution in [3.05, 3.63) is 41.5 Å². The van der Waals surface area contributed by atoms with Crippen LogP contribution in [0.3, 0.4) is 0 Å². The largest absolute Gasteiger partial charge is 0.508 e. The number of fused-ring (bicyclic) bond motifs is 3. The minimum Gasteiger partial charge on any atom is -0.508 e. The number of carbonyl (C=O) groups is 1. The minimum absolute atomic E-state index is 0.166. The predicted octanol–water partition coefficient (Wildman–Crippen LogP) is 3.30. The molecule has 0 bridgehead atoms. The van der Waals surface area contributed by atoms with Gasteiger partial charge >= 0.3 is 5.97 Å². The molecule has 19 heavy (non-hydrogen) atoms. The number of carboxylic acid groups (broad SMARTS) is 1. The fourth-order valence-corrected chi connectivity index (χ4v) is 3.19. The Balaban J connectivity index is 2.25. The zero-order valence-electron chi connectivity index (χ0n) is 10.8. The van der Waals surface area contributed by atoms with Crippen LogP contribution in [0.1, 0.15) is 30.4 Å². The van der Waals surface area contributed by atoms with Gasteiger partial charge in [-0.05, 0) is 52.8 Å². The van der Waals surface area contributed by atoms with Gasteiger partial charge in [0.05, 0.1) is 5.92 Å². The molecule has 1 aliphatic rings. The van der Waals surface area contributed by atoms with Crippen molar-refractivity contribution in [2.45, 2.75) is 25.7 Å². The van der Waals surface area contributed by atoms with Crippen molar-refractivity contribution in [2.24, 2.45) is 5.92 Å². The molecule has 2 N–H and O–H groups in total. The van der Waals surface area contributed by atoms with Crippen molar-refractivity contribution in [3.63, 3.8) is 0 Å². The number of benzene rings is 2. The standard InChI is InChI=1S/C16H16O3/c1-9-2-5-13-12-7-4-11(17)8-10(12)3-6-14(13)15(9)16(18)19/h3-4,6-9,15,17H,2,5H2,1H3,(H,18,19). The van der Waals surface area contributed by atoms with E-state index in [4.69, 9.17) is 0 Å². The Labute approximate surface area is 111 Å². The molecule has 0 heterocycles.